The van der Waals surface area contributed by atoms with Gasteiger partial charge in [-0.2, -0.15) is 0 Å². The van der Waals surface area contributed by atoms with Gasteiger partial charge in [-0.15, -0.1) is 0 Å². The van der Waals surface area contributed by atoms with Crippen LogP contribution in [0.5, 0.6) is 0 Å². The second-order valence-corrected chi connectivity index (χ2v) is 6.27. The third-order valence-corrected chi connectivity index (χ3v) is 4.55. The standard InChI is InChI=1S/C20H23NO2/c22-20(23)19(13-15-6-2-1-3-7-15)21-14-16-10-11-17-8-4-5-9-18(17)12-16/h1-3,6-7,10-12,19,21H,4-5,8-9,13-14H2,(H,22,23)/t19-/m1/s1. The van der Waals surface area contributed by atoms with Crippen molar-refractivity contribution in [2.45, 2.75) is 44.7 Å². The number of benzene rings is 2. The minimum Gasteiger partial charge on any atom is -0.480 e. The zero-order valence-electron chi connectivity index (χ0n) is 13.3. The summed E-state index contributed by atoms with van der Waals surface area (Å²) in [6, 6.07) is 15.8. The molecule has 2 aromatic carbocycles. The van der Waals surface area contributed by atoms with E-state index < -0.39 is 12.0 Å². The van der Waals surface area contributed by atoms with Gasteiger partial charge in [-0.3, -0.25) is 4.79 Å². The molecule has 0 aliphatic heterocycles. The van der Waals surface area contributed by atoms with Gasteiger partial charge in [0.2, 0.25) is 0 Å². The molecule has 120 valence electrons. The van der Waals surface area contributed by atoms with Crippen molar-refractivity contribution in [3.63, 3.8) is 0 Å². The maximum atomic E-state index is 11.5. The molecule has 3 heteroatoms. The van der Waals surface area contributed by atoms with Crippen molar-refractivity contribution in [3.8, 4) is 0 Å². The minimum atomic E-state index is -0.799. The lowest BCUT2D eigenvalue weighted by Crippen LogP contribution is -2.38. The molecule has 0 radical (unpaired) electrons. The van der Waals surface area contributed by atoms with E-state index in [1.165, 1.54) is 36.0 Å². The molecule has 1 aliphatic carbocycles. The molecule has 0 aromatic heterocycles. The molecule has 0 unspecified atom stereocenters. The van der Waals surface area contributed by atoms with Crippen LogP contribution >= 0.6 is 0 Å². The molecule has 0 fully saturated rings. The molecule has 0 spiro atoms. The van der Waals surface area contributed by atoms with E-state index in [-0.39, 0.29) is 0 Å². The lowest BCUT2D eigenvalue weighted by atomic mass is 9.90. The highest BCUT2D eigenvalue weighted by Crippen LogP contribution is 2.22. The fourth-order valence-electron chi connectivity index (χ4n) is 3.23. The summed E-state index contributed by atoms with van der Waals surface area (Å²) in [6.45, 7) is 0.594. The first-order valence-electron chi connectivity index (χ1n) is 8.33. The summed E-state index contributed by atoms with van der Waals surface area (Å²) in [4.78, 5) is 11.5. The second kappa shape index (κ2) is 7.42. The van der Waals surface area contributed by atoms with Crippen molar-refractivity contribution >= 4 is 5.97 Å². The zero-order valence-corrected chi connectivity index (χ0v) is 13.3. The van der Waals surface area contributed by atoms with Gasteiger partial charge in [0, 0.05) is 6.54 Å². The summed E-state index contributed by atoms with van der Waals surface area (Å²) in [5.41, 5.74) is 5.10. The number of carboxylic acid groups (broad SMARTS) is 1. The number of aryl methyl sites for hydroxylation is 2. The van der Waals surface area contributed by atoms with Gasteiger partial charge < -0.3 is 10.4 Å². The Balaban J connectivity index is 1.64. The van der Waals surface area contributed by atoms with Gasteiger partial charge in [0.05, 0.1) is 0 Å². The highest BCUT2D eigenvalue weighted by Gasteiger charge is 2.17. The van der Waals surface area contributed by atoms with Crippen LogP contribution in [0.4, 0.5) is 0 Å². The lowest BCUT2D eigenvalue weighted by molar-refractivity contribution is -0.139. The highest BCUT2D eigenvalue weighted by atomic mass is 16.4. The van der Waals surface area contributed by atoms with E-state index in [0.717, 1.165) is 12.0 Å². The van der Waals surface area contributed by atoms with E-state index in [4.69, 9.17) is 0 Å². The molecule has 0 heterocycles. The Hall–Kier alpha value is -2.13. The second-order valence-electron chi connectivity index (χ2n) is 6.27. The molecular formula is C20H23NO2. The van der Waals surface area contributed by atoms with Crippen molar-refractivity contribution < 1.29 is 9.90 Å². The quantitative estimate of drug-likeness (QED) is 0.860. The maximum Gasteiger partial charge on any atom is 0.321 e. The van der Waals surface area contributed by atoms with Gasteiger partial charge in [0.1, 0.15) is 6.04 Å². The van der Waals surface area contributed by atoms with Crippen LogP contribution in [0.2, 0.25) is 0 Å². The molecule has 0 amide bonds. The maximum absolute atomic E-state index is 11.5. The largest absolute Gasteiger partial charge is 0.480 e. The molecular weight excluding hydrogens is 286 g/mol. The number of hydrogen-bond donors (Lipinski definition) is 2. The third kappa shape index (κ3) is 4.20. The van der Waals surface area contributed by atoms with E-state index in [1.54, 1.807) is 0 Å². The van der Waals surface area contributed by atoms with Crippen LogP contribution in [0.15, 0.2) is 48.5 Å². The third-order valence-electron chi connectivity index (χ3n) is 4.55. The molecule has 0 bridgehead atoms. The van der Waals surface area contributed by atoms with E-state index in [9.17, 15) is 9.90 Å². The molecule has 0 saturated heterocycles. The van der Waals surface area contributed by atoms with Gasteiger partial charge >= 0.3 is 5.97 Å². The lowest BCUT2D eigenvalue weighted by Gasteiger charge is -2.18. The van der Waals surface area contributed by atoms with Crippen molar-refractivity contribution in [1.29, 1.82) is 0 Å². The Kier molecular flexibility index (Phi) is 5.09. The van der Waals surface area contributed by atoms with Crippen LogP contribution in [-0.2, 0) is 30.6 Å². The van der Waals surface area contributed by atoms with Crippen LogP contribution in [0.25, 0.3) is 0 Å². The van der Waals surface area contributed by atoms with Crippen LogP contribution in [0, 0.1) is 0 Å². The summed E-state index contributed by atoms with van der Waals surface area (Å²) >= 11 is 0. The molecule has 23 heavy (non-hydrogen) atoms. The topological polar surface area (TPSA) is 49.3 Å². The Morgan fingerprint density at radius 2 is 1.74 bits per heavy atom. The van der Waals surface area contributed by atoms with Crippen LogP contribution in [0.1, 0.15) is 35.1 Å². The normalized spacial score (nSPS) is 15.0. The molecule has 2 N–H and O–H groups in total. The van der Waals surface area contributed by atoms with Crippen LogP contribution in [-0.4, -0.2) is 17.1 Å². The predicted octanol–water partition coefficient (Wildman–Crippen LogP) is 3.35. The van der Waals surface area contributed by atoms with Crippen molar-refractivity contribution in [2.24, 2.45) is 0 Å². The summed E-state index contributed by atoms with van der Waals surface area (Å²) in [5.74, 6) is -0.799. The Morgan fingerprint density at radius 3 is 2.48 bits per heavy atom. The number of hydrogen-bond acceptors (Lipinski definition) is 2. The van der Waals surface area contributed by atoms with Gasteiger partial charge in [-0.1, -0.05) is 48.5 Å². The van der Waals surface area contributed by atoms with Gasteiger partial charge in [0.15, 0.2) is 0 Å². The summed E-state index contributed by atoms with van der Waals surface area (Å²) in [6.07, 6.45) is 5.36. The summed E-state index contributed by atoms with van der Waals surface area (Å²) in [7, 11) is 0. The van der Waals surface area contributed by atoms with Gasteiger partial charge in [-0.25, -0.2) is 0 Å². The average molecular weight is 309 g/mol. The van der Waals surface area contributed by atoms with E-state index in [2.05, 4.69) is 23.5 Å². The molecule has 3 nitrogen and oxygen atoms in total. The smallest absolute Gasteiger partial charge is 0.321 e. The first-order chi connectivity index (χ1) is 11.2. The van der Waals surface area contributed by atoms with Crippen molar-refractivity contribution in [1.82, 2.24) is 5.32 Å². The number of carbonyl (C=O) groups is 1. The number of fused-ring (bicyclic) bond motifs is 1. The monoisotopic (exact) mass is 309 g/mol. The molecule has 0 saturated carbocycles. The Labute approximate surface area is 137 Å². The Bertz CT molecular complexity index is 667. The zero-order chi connectivity index (χ0) is 16.1. The fourth-order valence-corrected chi connectivity index (χ4v) is 3.23. The van der Waals surface area contributed by atoms with E-state index in [0.29, 0.717) is 13.0 Å². The van der Waals surface area contributed by atoms with Gasteiger partial charge in [0.25, 0.3) is 0 Å². The number of nitrogens with one attached hydrogen (secondary N) is 1. The SMILES string of the molecule is O=C(O)[C@@H](Cc1ccccc1)NCc1ccc2c(c1)CCCC2. The average Bonchev–Trinajstić information content (AvgIpc) is 2.59. The molecule has 1 atom stereocenters. The first kappa shape index (κ1) is 15.8. The molecule has 3 rings (SSSR count). The number of aliphatic carboxylic acids is 1. The first-order valence-corrected chi connectivity index (χ1v) is 8.33. The van der Waals surface area contributed by atoms with E-state index in [1.807, 2.05) is 30.3 Å². The fraction of sp³-hybridized carbons (Fsp3) is 0.350. The van der Waals surface area contributed by atoms with E-state index >= 15 is 0 Å². The minimum absolute atomic E-state index is 0.501. The van der Waals surface area contributed by atoms with Gasteiger partial charge in [-0.05, 0) is 54.4 Å². The van der Waals surface area contributed by atoms with Crippen molar-refractivity contribution in [3.05, 3.63) is 70.8 Å². The Morgan fingerprint density at radius 1 is 1.00 bits per heavy atom. The number of carboxylic acids is 1. The molecule has 2 aromatic rings. The number of rotatable bonds is 6. The molecule has 1 aliphatic rings. The van der Waals surface area contributed by atoms with Crippen LogP contribution < -0.4 is 5.32 Å². The summed E-state index contributed by atoms with van der Waals surface area (Å²) < 4.78 is 0. The van der Waals surface area contributed by atoms with Crippen LogP contribution in [0.3, 0.4) is 0 Å². The summed E-state index contributed by atoms with van der Waals surface area (Å²) in [5, 5.41) is 12.6. The highest BCUT2D eigenvalue weighted by molar-refractivity contribution is 5.73. The predicted molar refractivity (Wildman–Crippen MR) is 91.5 cm³/mol. The van der Waals surface area contributed by atoms with Crippen molar-refractivity contribution in [2.75, 3.05) is 0 Å².